The summed E-state index contributed by atoms with van der Waals surface area (Å²) in [6, 6.07) is 13.7. The third-order valence-electron chi connectivity index (χ3n) is 3.50. The minimum Gasteiger partial charge on any atom is -0.489 e. The first-order chi connectivity index (χ1) is 12.5. The minimum atomic E-state index is -0.267. The molecule has 2 aromatic carbocycles. The lowest BCUT2D eigenvalue weighted by atomic mass is 10.1. The van der Waals surface area contributed by atoms with E-state index in [0.29, 0.717) is 35.7 Å². The van der Waals surface area contributed by atoms with Crippen molar-refractivity contribution in [1.82, 2.24) is 5.32 Å². The molecule has 6 heteroatoms. The molecule has 2 rings (SSSR count). The van der Waals surface area contributed by atoms with Crippen LogP contribution in [-0.2, 0) is 4.74 Å². The van der Waals surface area contributed by atoms with E-state index in [0.717, 1.165) is 0 Å². The Morgan fingerprint density at radius 3 is 2.19 bits per heavy atom. The molecule has 0 aliphatic rings. The summed E-state index contributed by atoms with van der Waals surface area (Å²) in [7, 11) is 1.57. The van der Waals surface area contributed by atoms with Crippen LogP contribution in [0, 0.1) is 0 Å². The van der Waals surface area contributed by atoms with Crippen molar-refractivity contribution in [3.8, 4) is 5.75 Å². The molecule has 2 amide bonds. The van der Waals surface area contributed by atoms with Crippen molar-refractivity contribution in [3.63, 3.8) is 0 Å². The topological polar surface area (TPSA) is 76.7 Å². The van der Waals surface area contributed by atoms with Crippen molar-refractivity contribution in [1.29, 1.82) is 0 Å². The molecule has 0 saturated heterocycles. The Morgan fingerprint density at radius 2 is 1.58 bits per heavy atom. The Bertz CT molecular complexity index is 742. The molecule has 0 fully saturated rings. The molecular formula is C20H24N2O4. The van der Waals surface area contributed by atoms with Crippen LogP contribution in [0.1, 0.15) is 34.6 Å². The van der Waals surface area contributed by atoms with Gasteiger partial charge in [0.15, 0.2) is 0 Å². The summed E-state index contributed by atoms with van der Waals surface area (Å²) in [6.45, 7) is 4.73. The molecule has 0 aliphatic carbocycles. The second-order valence-corrected chi connectivity index (χ2v) is 5.94. The number of hydrogen-bond acceptors (Lipinski definition) is 4. The second-order valence-electron chi connectivity index (χ2n) is 5.94. The zero-order valence-electron chi connectivity index (χ0n) is 15.2. The number of carbonyl (C=O) groups excluding carboxylic acids is 2. The fraction of sp³-hybridized carbons (Fsp3) is 0.300. The predicted octanol–water partition coefficient (Wildman–Crippen LogP) is 3.10. The standard InChI is InChI=1S/C20H24N2O4/c1-14(2)26-18-7-5-4-6-17(18)22-20(24)16-10-8-15(9-11-16)19(23)21-12-13-25-3/h4-11,14H,12-13H2,1-3H3,(H,21,23)(H,22,24). The fourth-order valence-corrected chi connectivity index (χ4v) is 2.26. The fourth-order valence-electron chi connectivity index (χ4n) is 2.26. The number of methoxy groups -OCH3 is 1. The lowest BCUT2D eigenvalue weighted by molar-refractivity contribution is 0.0935. The molecule has 0 heterocycles. The first-order valence-corrected chi connectivity index (χ1v) is 8.45. The third-order valence-corrected chi connectivity index (χ3v) is 3.50. The SMILES string of the molecule is COCCNC(=O)c1ccc(C(=O)Nc2ccccc2OC(C)C)cc1. The number of anilines is 1. The van der Waals surface area contributed by atoms with Gasteiger partial charge in [0, 0.05) is 24.8 Å². The lowest BCUT2D eigenvalue weighted by Gasteiger charge is -2.14. The minimum absolute atomic E-state index is 0.00366. The van der Waals surface area contributed by atoms with Crippen LogP contribution in [-0.4, -0.2) is 38.2 Å². The van der Waals surface area contributed by atoms with Gasteiger partial charge in [-0.15, -0.1) is 0 Å². The van der Waals surface area contributed by atoms with E-state index in [1.54, 1.807) is 37.4 Å². The number of hydrogen-bond donors (Lipinski definition) is 2. The van der Waals surface area contributed by atoms with Crippen LogP contribution in [0.5, 0.6) is 5.75 Å². The first kappa shape index (κ1) is 19.5. The Labute approximate surface area is 153 Å². The van der Waals surface area contributed by atoms with Gasteiger partial charge in [0.25, 0.3) is 11.8 Å². The van der Waals surface area contributed by atoms with E-state index in [-0.39, 0.29) is 17.9 Å². The molecule has 0 bridgehead atoms. The molecule has 0 spiro atoms. The highest BCUT2D eigenvalue weighted by molar-refractivity contribution is 6.05. The molecule has 0 aliphatic heterocycles. The highest BCUT2D eigenvalue weighted by Crippen LogP contribution is 2.25. The zero-order valence-corrected chi connectivity index (χ0v) is 15.2. The van der Waals surface area contributed by atoms with Gasteiger partial charge in [-0.25, -0.2) is 0 Å². The molecule has 0 saturated carbocycles. The molecule has 6 nitrogen and oxygen atoms in total. The smallest absolute Gasteiger partial charge is 0.255 e. The summed E-state index contributed by atoms with van der Waals surface area (Å²) in [5.74, 6) is 0.144. The van der Waals surface area contributed by atoms with Crippen molar-refractivity contribution in [2.24, 2.45) is 0 Å². The largest absolute Gasteiger partial charge is 0.489 e. The maximum absolute atomic E-state index is 12.5. The Kier molecular flexibility index (Phi) is 7.17. The second kappa shape index (κ2) is 9.58. The Morgan fingerprint density at radius 1 is 0.962 bits per heavy atom. The van der Waals surface area contributed by atoms with Crippen LogP contribution < -0.4 is 15.4 Å². The first-order valence-electron chi connectivity index (χ1n) is 8.45. The molecule has 0 aromatic heterocycles. The van der Waals surface area contributed by atoms with Crippen LogP contribution in [0.3, 0.4) is 0 Å². The molecule has 2 aromatic rings. The maximum Gasteiger partial charge on any atom is 0.255 e. The van der Waals surface area contributed by atoms with Crippen molar-refractivity contribution in [2.75, 3.05) is 25.6 Å². The summed E-state index contributed by atoms with van der Waals surface area (Å²) >= 11 is 0. The van der Waals surface area contributed by atoms with Crippen LogP contribution in [0.2, 0.25) is 0 Å². The highest BCUT2D eigenvalue weighted by Gasteiger charge is 2.12. The van der Waals surface area contributed by atoms with Gasteiger partial charge >= 0.3 is 0 Å². The van der Waals surface area contributed by atoms with Gasteiger partial charge in [-0.3, -0.25) is 9.59 Å². The third kappa shape index (κ3) is 5.60. The van der Waals surface area contributed by atoms with Gasteiger partial charge < -0.3 is 20.1 Å². The van der Waals surface area contributed by atoms with Crippen LogP contribution >= 0.6 is 0 Å². The molecule has 2 N–H and O–H groups in total. The summed E-state index contributed by atoms with van der Waals surface area (Å²) in [5, 5.41) is 5.57. The van der Waals surface area contributed by atoms with Gasteiger partial charge in [0.2, 0.25) is 0 Å². The van der Waals surface area contributed by atoms with Crippen molar-refractivity contribution >= 4 is 17.5 Å². The van der Waals surface area contributed by atoms with E-state index >= 15 is 0 Å². The van der Waals surface area contributed by atoms with Crippen LogP contribution in [0.25, 0.3) is 0 Å². The van der Waals surface area contributed by atoms with Crippen LogP contribution in [0.15, 0.2) is 48.5 Å². The van der Waals surface area contributed by atoms with Gasteiger partial charge in [-0.05, 0) is 50.2 Å². The summed E-state index contributed by atoms with van der Waals surface area (Å²) in [5.41, 5.74) is 1.55. The molecule has 138 valence electrons. The summed E-state index contributed by atoms with van der Waals surface area (Å²) < 4.78 is 10.6. The van der Waals surface area contributed by atoms with Crippen molar-refractivity contribution in [2.45, 2.75) is 20.0 Å². The number of para-hydroxylation sites is 2. The zero-order chi connectivity index (χ0) is 18.9. The summed E-state index contributed by atoms with van der Waals surface area (Å²) in [6.07, 6.45) is 0.00366. The molecule has 0 atom stereocenters. The monoisotopic (exact) mass is 356 g/mol. The average Bonchev–Trinajstić information content (AvgIpc) is 2.63. The van der Waals surface area contributed by atoms with Crippen molar-refractivity contribution < 1.29 is 19.1 Å². The highest BCUT2D eigenvalue weighted by atomic mass is 16.5. The van der Waals surface area contributed by atoms with E-state index in [4.69, 9.17) is 9.47 Å². The van der Waals surface area contributed by atoms with Gasteiger partial charge in [0.1, 0.15) is 5.75 Å². The number of nitrogens with one attached hydrogen (secondary N) is 2. The number of rotatable bonds is 8. The van der Waals surface area contributed by atoms with Crippen LogP contribution in [0.4, 0.5) is 5.69 Å². The van der Waals surface area contributed by atoms with Gasteiger partial charge in [-0.2, -0.15) is 0 Å². The Balaban J connectivity index is 2.03. The van der Waals surface area contributed by atoms with Crippen molar-refractivity contribution in [3.05, 3.63) is 59.7 Å². The predicted molar refractivity (Wildman–Crippen MR) is 101 cm³/mol. The number of ether oxygens (including phenoxy) is 2. The van der Waals surface area contributed by atoms with E-state index in [2.05, 4.69) is 10.6 Å². The van der Waals surface area contributed by atoms with Gasteiger partial charge in [0.05, 0.1) is 18.4 Å². The van der Waals surface area contributed by atoms with Gasteiger partial charge in [-0.1, -0.05) is 12.1 Å². The summed E-state index contributed by atoms with van der Waals surface area (Å²) in [4.78, 5) is 24.4. The lowest BCUT2D eigenvalue weighted by Crippen LogP contribution is -2.27. The van der Waals surface area contributed by atoms with E-state index in [1.807, 2.05) is 32.0 Å². The quantitative estimate of drug-likeness (QED) is 0.713. The molecule has 0 unspecified atom stereocenters. The normalized spacial score (nSPS) is 10.5. The van der Waals surface area contributed by atoms with E-state index in [9.17, 15) is 9.59 Å². The molecule has 0 radical (unpaired) electrons. The number of carbonyl (C=O) groups is 2. The van der Waals surface area contributed by atoms with E-state index < -0.39 is 0 Å². The molecular weight excluding hydrogens is 332 g/mol. The van der Waals surface area contributed by atoms with E-state index in [1.165, 1.54) is 0 Å². The Hall–Kier alpha value is -2.86. The average molecular weight is 356 g/mol. The number of amides is 2. The maximum atomic E-state index is 12.5. The number of benzene rings is 2. The molecule has 26 heavy (non-hydrogen) atoms.